The first-order valence-corrected chi connectivity index (χ1v) is 8.59. The SMILES string of the molecule is NC(=O)CC1CCCN(C(=O)c2ncsc2-c2ccccc2)C1. The highest BCUT2D eigenvalue weighted by atomic mass is 32.1. The molecule has 1 unspecified atom stereocenters. The second-order valence-corrected chi connectivity index (χ2v) is 6.68. The standard InChI is InChI=1S/C17H19N3O2S/c18-14(21)9-12-5-4-8-20(10-12)17(22)15-16(23-11-19-15)13-6-2-1-3-7-13/h1-3,6-7,11-12H,4-5,8-10H2,(H2,18,21). The Morgan fingerprint density at radius 1 is 1.30 bits per heavy atom. The molecule has 1 fully saturated rings. The van der Waals surface area contributed by atoms with Crippen LogP contribution in [-0.4, -0.2) is 34.8 Å². The highest BCUT2D eigenvalue weighted by Crippen LogP contribution is 2.29. The maximum absolute atomic E-state index is 12.8. The molecule has 0 aliphatic carbocycles. The average molecular weight is 329 g/mol. The van der Waals surface area contributed by atoms with Crippen molar-refractivity contribution in [2.45, 2.75) is 19.3 Å². The van der Waals surface area contributed by atoms with Crippen LogP contribution in [0.25, 0.3) is 10.4 Å². The second kappa shape index (κ2) is 6.91. The van der Waals surface area contributed by atoms with Crippen LogP contribution < -0.4 is 5.73 Å². The van der Waals surface area contributed by atoms with Gasteiger partial charge in [-0.1, -0.05) is 30.3 Å². The van der Waals surface area contributed by atoms with Gasteiger partial charge in [-0.25, -0.2) is 4.98 Å². The number of primary amides is 1. The molecule has 2 N–H and O–H groups in total. The first kappa shape index (κ1) is 15.7. The lowest BCUT2D eigenvalue weighted by atomic mass is 9.94. The van der Waals surface area contributed by atoms with Crippen molar-refractivity contribution in [2.75, 3.05) is 13.1 Å². The van der Waals surface area contributed by atoms with E-state index in [1.54, 1.807) is 10.4 Å². The summed E-state index contributed by atoms with van der Waals surface area (Å²) in [6, 6.07) is 9.82. The zero-order valence-corrected chi connectivity index (χ0v) is 13.6. The molecule has 1 aliphatic heterocycles. The van der Waals surface area contributed by atoms with E-state index in [4.69, 9.17) is 5.73 Å². The second-order valence-electron chi connectivity index (χ2n) is 5.83. The fourth-order valence-electron chi connectivity index (χ4n) is 3.04. The Morgan fingerprint density at radius 2 is 2.09 bits per heavy atom. The minimum Gasteiger partial charge on any atom is -0.370 e. The number of nitrogens with two attached hydrogens (primary N) is 1. The van der Waals surface area contributed by atoms with E-state index in [0.29, 0.717) is 25.2 Å². The molecule has 1 aliphatic rings. The van der Waals surface area contributed by atoms with Gasteiger partial charge in [0, 0.05) is 19.5 Å². The fourth-order valence-corrected chi connectivity index (χ4v) is 3.83. The van der Waals surface area contributed by atoms with Crippen LogP contribution in [0.2, 0.25) is 0 Å². The molecule has 6 heteroatoms. The Labute approximate surface area is 139 Å². The van der Waals surface area contributed by atoms with Crippen molar-refractivity contribution >= 4 is 23.2 Å². The van der Waals surface area contributed by atoms with Gasteiger partial charge in [-0.15, -0.1) is 11.3 Å². The fraction of sp³-hybridized carbons (Fsp3) is 0.353. The number of hydrogen-bond donors (Lipinski definition) is 1. The molecule has 1 aromatic heterocycles. The van der Waals surface area contributed by atoms with E-state index < -0.39 is 0 Å². The number of aromatic nitrogens is 1. The van der Waals surface area contributed by atoms with Crippen LogP contribution in [0.15, 0.2) is 35.8 Å². The van der Waals surface area contributed by atoms with Crippen LogP contribution in [0.4, 0.5) is 0 Å². The molecule has 120 valence electrons. The molecule has 1 aromatic carbocycles. The zero-order valence-electron chi connectivity index (χ0n) is 12.8. The number of amides is 2. The van der Waals surface area contributed by atoms with Crippen LogP contribution in [0.1, 0.15) is 29.8 Å². The summed E-state index contributed by atoms with van der Waals surface area (Å²) in [5.74, 6) is -0.203. The number of rotatable bonds is 4. The largest absolute Gasteiger partial charge is 0.370 e. The predicted molar refractivity (Wildman–Crippen MR) is 90.0 cm³/mol. The first-order valence-electron chi connectivity index (χ1n) is 7.71. The molecule has 0 spiro atoms. The number of benzene rings is 1. The van der Waals surface area contributed by atoms with Gasteiger partial charge in [0.2, 0.25) is 5.91 Å². The smallest absolute Gasteiger partial charge is 0.273 e. The lowest BCUT2D eigenvalue weighted by Crippen LogP contribution is -2.41. The number of likely N-dealkylation sites (tertiary alicyclic amines) is 1. The highest BCUT2D eigenvalue weighted by Gasteiger charge is 2.28. The van der Waals surface area contributed by atoms with Gasteiger partial charge in [0.15, 0.2) is 0 Å². The lowest BCUT2D eigenvalue weighted by molar-refractivity contribution is -0.119. The van der Waals surface area contributed by atoms with Crippen molar-refractivity contribution in [3.8, 4) is 10.4 Å². The quantitative estimate of drug-likeness (QED) is 0.936. The number of piperidine rings is 1. The maximum atomic E-state index is 12.8. The molecule has 1 saturated heterocycles. The van der Waals surface area contributed by atoms with E-state index in [1.165, 1.54) is 11.3 Å². The average Bonchev–Trinajstić information content (AvgIpc) is 3.04. The Hall–Kier alpha value is -2.21. The summed E-state index contributed by atoms with van der Waals surface area (Å²) in [5.41, 5.74) is 8.50. The van der Waals surface area contributed by atoms with Gasteiger partial charge < -0.3 is 10.6 Å². The summed E-state index contributed by atoms with van der Waals surface area (Å²) in [7, 11) is 0. The molecule has 0 radical (unpaired) electrons. The lowest BCUT2D eigenvalue weighted by Gasteiger charge is -2.32. The van der Waals surface area contributed by atoms with Crippen molar-refractivity contribution < 1.29 is 9.59 Å². The molecule has 5 nitrogen and oxygen atoms in total. The number of hydrogen-bond acceptors (Lipinski definition) is 4. The van der Waals surface area contributed by atoms with Crippen LogP contribution in [0, 0.1) is 5.92 Å². The molecule has 0 bridgehead atoms. The van der Waals surface area contributed by atoms with E-state index in [2.05, 4.69) is 4.98 Å². The van der Waals surface area contributed by atoms with E-state index in [9.17, 15) is 9.59 Å². The Bertz CT molecular complexity index is 699. The van der Waals surface area contributed by atoms with Gasteiger partial charge in [-0.2, -0.15) is 0 Å². The van der Waals surface area contributed by atoms with E-state index in [0.717, 1.165) is 23.3 Å². The zero-order chi connectivity index (χ0) is 16.2. The molecule has 2 amide bonds. The van der Waals surface area contributed by atoms with Crippen molar-refractivity contribution in [3.63, 3.8) is 0 Å². The summed E-state index contributed by atoms with van der Waals surface area (Å²) < 4.78 is 0. The molecule has 0 saturated carbocycles. The summed E-state index contributed by atoms with van der Waals surface area (Å²) >= 11 is 1.47. The third-order valence-electron chi connectivity index (χ3n) is 4.10. The molecule has 1 atom stereocenters. The van der Waals surface area contributed by atoms with Crippen molar-refractivity contribution in [2.24, 2.45) is 11.7 Å². The number of carbonyl (C=O) groups excluding carboxylic acids is 2. The van der Waals surface area contributed by atoms with Gasteiger partial charge in [-0.3, -0.25) is 9.59 Å². The van der Waals surface area contributed by atoms with Crippen molar-refractivity contribution in [1.82, 2.24) is 9.88 Å². The number of nitrogens with zero attached hydrogens (tertiary/aromatic N) is 2. The van der Waals surface area contributed by atoms with Gasteiger partial charge in [0.1, 0.15) is 5.69 Å². The molecule has 23 heavy (non-hydrogen) atoms. The first-order chi connectivity index (χ1) is 11.1. The van der Waals surface area contributed by atoms with Gasteiger partial charge in [0.25, 0.3) is 5.91 Å². The van der Waals surface area contributed by atoms with E-state index >= 15 is 0 Å². The third-order valence-corrected chi connectivity index (χ3v) is 4.98. The van der Waals surface area contributed by atoms with Crippen LogP contribution in [0.5, 0.6) is 0 Å². The van der Waals surface area contributed by atoms with Crippen molar-refractivity contribution in [3.05, 3.63) is 41.5 Å². The topological polar surface area (TPSA) is 76.3 Å². The number of carbonyl (C=O) groups is 2. The van der Waals surface area contributed by atoms with E-state index in [1.807, 2.05) is 30.3 Å². The summed E-state index contributed by atoms with van der Waals surface area (Å²) in [6.45, 7) is 1.29. The van der Waals surface area contributed by atoms with Crippen LogP contribution in [0.3, 0.4) is 0 Å². The molecule has 2 heterocycles. The monoisotopic (exact) mass is 329 g/mol. The normalized spacial score (nSPS) is 17.9. The molecular weight excluding hydrogens is 310 g/mol. The van der Waals surface area contributed by atoms with Gasteiger partial charge in [0.05, 0.1) is 10.4 Å². The Morgan fingerprint density at radius 3 is 2.83 bits per heavy atom. The Kier molecular flexibility index (Phi) is 4.71. The van der Waals surface area contributed by atoms with Gasteiger partial charge in [-0.05, 0) is 24.3 Å². The van der Waals surface area contributed by atoms with Crippen molar-refractivity contribution in [1.29, 1.82) is 0 Å². The molecular formula is C17H19N3O2S. The summed E-state index contributed by atoms with van der Waals surface area (Å²) in [4.78, 5) is 30.9. The predicted octanol–water partition coefficient (Wildman–Crippen LogP) is 2.54. The van der Waals surface area contributed by atoms with Gasteiger partial charge >= 0.3 is 0 Å². The molecule has 3 rings (SSSR count). The Balaban J connectivity index is 1.79. The third kappa shape index (κ3) is 3.59. The highest BCUT2D eigenvalue weighted by molar-refractivity contribution is 7.13. The van der Waals surface area contributed by atoms with E-state index in [-0.39, 0.29) is 17.7 Å². The molecule has 2 aromatic rings. The minimum absolute atomic E-state index is 0.0562. The van der Waals surface area contributed by atoms with Crippen LogP contribution in [-0.2, 0) is 4.79 Å². The minimum atomic E-state index is -0.303. The van der Waals surface area contributed by atoms with Crippen LogP contribution >= 0.6 is 11.3 Å². The maximum Gasteiger partial charge on any atom is 0.273 e. The summed E-state index contributed by atoms with van der Waals surface area (Å²) in [5, 5.41) is 0. The number of thiazole rings is 1. The summed E-state index contributed by atoms with van der Waals surface area (Å²) in [6.07, 6.45) is 2.18.